The van der Waals surface area contributed by atoms with Crippen LogP contribution in [-0.2, 0) is 9.59 Å². The zero-order chi connectivity index (χ0) is 20.3. The van der Waals surface area contributed by atoms with Crippen LogP contribution in [0.4, 0.5) is 11.4 Å². The molecule has 0 radical (unpaired) electrons. The average Bonchev–Trinajstić information content (AvgIpc) is 3.39. The second kappa shape index (κ2) is 6.70. The van der Waals surface area contributed by atoms with Crippen LogP contribution in [0.5, 0.6) is 0 Å². The van der Waals surface area contributed by atoms with Crippen LogP contribution in [-0.4, -0.2) is 17.7 Å². The summed E-state index contributed by atoms with van der Waals surface area (Å²) in [4.78, 5) is 40.1. The van der Waals surface area contributed by atoms with E-state index in [1.807, 2.05) is 6.92 Å². The first-order chi connectivity index (χ1) is 14.0. The molecule has 148 valence electrons. The van der Waals surface area contributed by atoms with E-state index >= 15 is 0 Å². The largest absolute Gasteiger partial charge is 0.322 e. The van der Waals surface area contributed by atoms with Crippen molar-refractivity contribution >= 4 is 40.7 Å². The molecule has 3 fully saturated rings. The van der Waals surface area contributed by atoms with Gasteiger partial charge < -0.3 is 5.32 Å². The lowest BCUT2D eigenvalue weighted by molar-refractivity contribution is -0.123. The van der Waals surface area contributed by atoms with Crippen LogP contribution in [0.2, 0.25) is 5.02 Å². The predicted octanol–water partition coefficient (Wildman–Crippen LogP) is 4.44. The summed E-state index contributed by atoms with van der Waals surface area (Å²) in [5.74, 6) is -0.185. The van der Waals surface area contributed by atoms with Crippen molar-refractivity contribution < 1.29 is 14.4 Å². The van der Waals surface area contributed by atoms with E-state index in [4.69, 9.17) is 11.6 Å². The van der Waals surface area contributed by atoms with Crippen molar-refractivity contribution in [3.8, 4) is 0 Å². The summed E-state index contributed by atoms with van der Waals surface area (Å²) in [6.07, 6.45) is 3.09. The second-order valence-electron chi connectivity index (χ2n) is 8.31. The number of fused-ring (bicyclic) bond motifs is 5. The highest BCUT2D eigenvalue weighted by molar-refractivity contribution is 6.31. The molecule has 1 heterocycles. The standard InChI is InChI=1S/C23H21ClN2O3/c1-12-17(24)6-3-7-18(12)25-21(27)15-4-2-5-16(11-15)26-22(28)19-13-8-9-14(10-13)20(19)23(26)29/h2-7,11,13-14,19-20H,8-10H2,1H3,(H,25,27)/t13-,14-,19-,20-/m0/s1. The van der Waals surface area contributed by atoms with Gasteiger partial charge >= 0.3 is 0 Å². The van der Waals surface area contributed by atoms with E-state index in [1.165, 1.54) is 4.90 Å². The van der Waals surface area contributed by atoms with Crippen molar-refractivity contribution in [3.63, 3.8) is 0 Å². The highest BCUT2D eigenvalue weighted by Crippen LogP contribution is 2.56. The maximum atomic E-state index is 13.0. The Morgan fingerprint density at radius 2 is 1.69 bits per heavy atom. The molecule has 1 saturated heterocycles. The fourth-order valence-corrected chi connectivity index (χ4v) is 5.56. The van der Waals surface area contributed by atoms with Crippen molar-refractivity contribution in [3.05, 3.63) is 58.6 Å². The molecule has 0 spiro atoms. The van der Waals surface area contributed by atoms with Crippen LogP contribution in [0.1, 0.15) is 35.2 Å². The summed E-state index contributed by atoms with van der Waals surface area (Å²) in [5.41, 5.74) is 2.28. The van der Waals surface area contributed by atoms with Gasteiger partial charge in [0.1, 0.15) is 0 Å². The molecule has 4 atom stereocenters. The molecule has 0 aromatic heterocycles. The van der Waals surface area contributed by atoms with E-state index in [9.17, 15) is 14.4 Å². The van der Waals surface area contributed by atoms with E-state index in [0.29, 0.717) is 33.8 Å². The molecule has 1 N–H and O–H groups in total. The van der Waals surface area contributed by atoms with Crippen molar-refractivity contribution in [1.29, 1.82) is 0 Å². The normalized spacial score (nSPS) is 27.4. The minimum Gasteiger partial charge on any atom is -0.322 e. The molecule has 5 rings (SSSR count). The first-order valence-electron chi connectivity index (χ1n) is 10.00. The molecule has 6 heteroatoms. The third-order valence-corrected chi connectivity index (χ3v) is 7.22. The Morgan fingerprint density at radius 1 is 1.03 bits per heavy atom. The zero-order valence-electron chi connectivity index (χ0n) is 16.0. The van der Waals surface area contributed by atoms with Crippen LogP contribution in [0.3, 0.4) is 0 Å². The van der Waals surface area contributed by atoms with Crippen molar-refractivity contribution in [2.24, 2.45) is 23.7 Å². The fraction of sp³-hybridized carbons (Fsp3) is 0.348. The molecule has 2 aromatic carbocycles. The molecule has 2 bridgehead atoms. The van der Waals surface area contributed by atoms with Crippen LogP contribution >= 0.6 is 11.6 Å². The van der Waals surface area contributed by atoms with Gasteiger partial charge in [-0.2, -0.15) is 0 Å². The number of nitrogens with zero attached hydrogens (tertiary/aromatic N) is 1. The minimum atomic E-state index is -0.309. The van der Waals surface area contributed by atoms with Gasteiger partial charge in [0.15, 0.2) is 0 Å². The van der Waals surface area contributed by atoms with Gasteiger partial charge in [0.2, 0.25) is 11.8 Å². The molecule has 2 saturated carbocycles. The Balaban J connectivity index is 1.42. The summed E-state index contributed by atoms with van der Waals surface area (Å²) in [6.45, 7) is 1.84. The first kappa shape index (κ1) is 18.4. The second-order valence-corrected chi connectivity index (χ2v) is 8.72. The van der Waals surface area contributed by atoms with Gasteiger partial charge in [-0.05, 0) is 73.9 Å². The summed E-state index contributed by atoms with van der Waals surface area (Å²) < 4.78 is 0. The highest BCUT2D eigenvalue weighted by Gasteiger charge is 2.61. The van der Waals surface area contributed by atoms with E-state index < -0.39 is 0 Å². The smallest absolute Gasteiger partial charge is 0.255 e. The molecule has 3 amide bonds. The Labute approximate surface area is 174 Å². The van der Waals surface area contributed by atoms with E-state index in [0.717, 1.165) is 24.8 Å². The van der Waals surface area contributed by atoms with Gasteiger partial charge in [-0.15, -0.1) is 0 Å². The van der Waals surface area contributed by atoms with Gasteiger partial charge in [-0.3, -0.25) is 19.3 Å². The summed E-state index contributed by atoms with van der Waals surface area (Å²) in [7, 11) is 0. The summed E-state index contributed by atoms with van der Waals surface area (Å²) >= 11 is 6.13. The Bertz CT molecular complexity index is 1020. The topological polar surface area (TPSA) is 66.5 Å². The van der Waals surface area contributed by atoms with Gasteiger partial charge in [-0.1, -0.05) is 23.7 Å². The fourth-order valence-electron chi connectivity index (χ4n) is 5.39. The van der Waals surface area contributed by atoms with Gasteiger partial charge in [0.25, 0.3) is 5.91 Å². The lowest BCUT2D eigenvalue weighted by Crippen LogP contribution is -2.33. The number of hydrogen-bond acceptors (Lipinski definition) is 3. The molecule has 5 nitrogen and oxygen atoms in total. The Hall–Kier alpha value is -2.66. The lowest BCUT2D eigenvalue weighted by Gasteiger charge is -2.19. The Kier molecular flexibility index (Phi) is 4.24. The number of hydrogen-bond donors (Lipinski definition) is 1. The molecule has 29 heavy (non-hydrogen) atoms. The number of carbonyl (C=O) groups excluding carboxylic acids is 3. The van der Waals surface area contributed by atoms with Crippen molar-refractivity contribution in [2.45, 2.75) is 26.2 Å². The molecular formula is C23H21ClN2O3. The number of carbonyl (C=O) groups is 3. The maximum absolute atomic E-state index is 13.0. The third-order valence-electron chi connectivity index (χ3n) is 6.81. The van der Waals surface area contributed by atoms with E-state index in [2.05, 4.69) is 5.32 Å². The minimum absolute atomic E-state index is 0.101. The SMILES string of the molecule is Cc1c(Cl)cccc1NC(=O)c1cccc(N2C(=O)[C@H]3[C@H]4CC[C@@H](C4)[C@@H]3C2=O)c1. The number of benzene rings is 2. The number of anilines is 2. The van der Waals surface area contributed by atoms with Crippen molar-refractivity contribution in [2.75, 3.05) is 10.2 Å². The predicted molar refractivity (Wildman–Crippen MR) is 111 cm³/mol. The zero-order valence-corrected chi connectivity index (χ0v) is 16.8. The highest BCUT2D eigenvalue weighted by atomic mass is 35.5. The summed E-state index contributed by atoms with van der Waals surface area (Å²) in [5, 5.41) is 3.43. The van der Waals surface area contributed by atoms with Crippen LogP contribution in [0.15, 0.2) is 42.5 Å². The Morgan fingerprint density at radius 3 is 2.38 bits per heavy atom. The summed E-state index contributed by atoms with van der Waals surface area (Å²) in [6, 6.07) is 12.0. The van der Waals surface area contributed by atoms with Gasteiger partial charge in [0, 0.05) is 16.3 Å². The quantitative estimate of drug-likeness (QED) is 0.763. The third kappa shape index (κ3) is 2.79. The monoisotopic (exact) mass is 408 g/mol. The lowest BCUT2D eigenvalue weighted by atomic mass is 9.81. The molecule has 1 aliphatic heterocycles. The first-order valence-corrected chi connectivity index (χ1v) is 10.4. The molecule has 2 aliphatic carbocycles. The van der Waals surface area contributed by atoms with E-state index in [1.54, 1.807) is 42.5 Å². The number of halogens is 1. The molecule has 3 aliphatic rings. The van der Waals surface area contributed by atoms with Gasteiger partial charge in [0.05, 0.1) is 17.5 Å². The van der Waals surface area contributed by atoms with Crippen LogP contribution < -0.4 is 10.2 Å². The van der Waals surface area contributed by atoms with Crippen LogP contribution in [0, 0.1) is 30.6 Å². The van der Waals surface area contributed by atoms with Gasteiger partial charge in [-0.25, -0.2) is 0 Å². The van der Waals surface area contributed by atoms with E-state index in [-0.39, 0.29) is 29.6 Å². The number of nitrogens with one attached hydrogen (secondary N) is 1. The number of amides is 3. The van der Waals surface area contributed by atoms with Crippen molar-refractivity contribution in [1.82, 2.24) is 0 Å². The number of imide groups is 1. The molecular weight excluding hydrogens is 388 g/mol. The maximum Gasteiger partial charge on any atom is 0.255 e. The average molecular weight is 409 g/mol. The van der Waals surface area contributed by atoms with Crippen LogP contribution in [0.25, 0.3) is 0 Å². The molecule has 0 unspecified atom stereocenters. The molecule has 2 aromatic rings. The number of rotatable bonds is 3.